The number of guanidine groups is 1. The van der Waals surface area contributed by atoms with Crippen LogP contribution in [0.15, 0.2) is 29.4 Å². The first kappa shape index (κ1) is 15.0. The molecule has 0 amide bonds. The maximum atomic E-state index is 5.81. The number of pyridine rings is 1. The Morgan fingerprint density at radius 3 is 3.00 bits per heavy atom. The average Bonchev–Trinajstić information content (AvgIpc) is 2.81. The first-order chi connectivity index (χ1) is 8.33. The molecule has 1 aliphatic rings. The Morgan fingerprint density at radius 2 is 2.39 bits per heavy atom. The molecule has 0 aromatic carbocycles. The van der Waals surface area contributed by atoms with Crippen molar-refractivity contribution in [3.8, 4) is 5.88 Å². The minimum absolute atomic E-state index is 0. The van der Waals surface area contributed by atoms with E-state index in [1.54, 1.807) is 13.2 Å². The lowest BCUT2D eigenvalue weighted by atomic mass is 10.3. The van der Waals surface area contributed by atoms with Gasteiger partial charge in [0.25, 0.3) is 0 Å². The van der Waals surface area contributed by atoms with Crippen molar-refractivity contribution in [2.24, 2.45) is 4.99 Å². The van der Waals surface area contributed by atoms with E-state index in [4.69, 9.17) is 4.74 Å². The predicted molar refractivity (Wildman–Crippen MR) is 82.7 cm³/mol. The summed E-state index contributed by atoms with van der Waals surface area (Å²) in [6.07, 6.45) is 2.93. The molecule has 2 heterocycles. The van der Waals surface area contributed by atoms with Crippen molar-refractivity contribution in [2.75, 3.05) is 27.2 Å². The Labute approximate surface area is 125 Å². The number of aliphatic imine (C=N–C) groups is 1. The number of nitrogens with one attached hydrogen (secondary N) is 1. The molecule has 0 bridgehead atoms. The molecule has 1 atom stereocenters. The van der Waals surface area contributed by atoms with Gasteiger partial charge >= 0.3 is 0 Å². The second-order valence-electron chi connectivity index (χ2n) is 3.94. The van der Waals surface area contributed by atoms with Crippen LogP contribution in [0.5, 0.6) is 5.88 Å². The van der Waals surface area contributed by atoms with Gasteiger partial charge in [-0.1, -0.05) is 6.07 Å². The van der Waals surface area contributed by atoms with Crippen molar-refractivity contribution < 1.29 is 4.74 Å². The highest BCUT2D eigenvalue weighted by molar-refractivity contribution is 14.0. The van der Waals surface area contributed by atoms with Gasteiger partial charge in [-0.15, -0.1) is 24.0 Å². The van der Waals surface area contributed by atoms with Crippen LogP contribution in [0.1, 0.15) is 6.42 Å². The lowest BCUT2D eigenvalue weighted by Crippen LogP contribution is -2.38. The van der Waals surface area contributed by atoms with Crippen LogP contribution < -0.4 is 10.1 Å². The van der Waals surface area contributed by atoms with Crippen LogP contribution in [-0.2, 0) is 0 Å². The molecule has 1 fully saturated rings. The number of halogens is 1. The van der Waals surface area contributed by atoms with Crippen molar-refractivity contribution in [3.63, 3.8) is 0 Å². The fourth-order valence-corrected chi connectivity index (χ4v) is 2.02. The number of hydrogen-bond acceptors (Lipinski definition) is 3. The SMILES string of the molecule is CN=C(NC)N1CCC(Oc2ccccn2)C1.I. The van der Waals surface area contributed by atoms with Crippen LogP contribution in [0.3, 0.4) is 0 Å². The summed E-state index contributed by atoms with van der Waals surface area (Å²) in [5.74, 6) is 1.61. The van der Waals surface area contributed by atoms with Crippen molar-refractivity contribution in [2.45, 2.75) is 12.5 Å². The Morgan fingerprint density at radius 1 is 1.56 bits per heavy atom. The second-order valence-corrected chi connectivity index (χ2v) is 3.94. The minimum atomic E-state index is 0. The topological polar surface area (TPSA) is 49.8 Å². The van der Waals surface area contributed by atoms with Crippen molar-refractivity contribution in [3.05, 3.63) is 24.4 Å². The normalized spacial score (nSPS) is 19.3. The summed E-state index contributed by atoms with van der Waals surface area (Å²) in [5, 5.41) is 3.08. The van der Waals surface area contributed by atoms with Gasteiger partial charge < -0.3 is 15.0 Å². The molecule has 6 heteroatoms. The highest BCUT2D eigenvalue weighted by atomic mass is 127. The molecule has 1 aromatic heterocycles. The van der Waals surface area contributed by atoms with E-state index in [9.17, 15) is 0 Å². The largest absolute Gasteiger partial charge is 0.472 e. The summed E-state index contributed by atoms with van der Waals surface area (Å²) in [6, 6.07) is 5.70. The first-order valence-electron chi connectivity index (χ1n) is 5.80. The second kappa shape index (κ2) is 7.40. The van der Waals surface area contributed by atoms with Crippen LogP contribution in [0.25, 0.3) is 0 Å². The average molecular weight is 362 g/mol. The minimum Gasteiger partial charge on any atom is -0.472 e. The van der Waals surface area contributed by atoms with E-state index >= 15 is 0 Å². The van der Waals surface area contributed by atoms with Gasteiger partial charge in [0.15, 0.2) is 5.96 Å². The molecule has 1 aliphatic heterocycles. The number of rotatable bonds is 2. The predicted octanol–water partition coefficient (Wildman–Crippen LogP) is 1.36. The van der Waals surface area contributed by atoms with E-state index < -0.39 is 0 Å². The summed E-state index contributed by atoms with van der Waals surface area (Å²) in [4.78, 5) is 10.5. The zero-order chi connectivity index (χ0) is 12.1. The summed E-state index contributed by atoms with van der Waals surface area (Å²) in [7, 11) is 3.67. The molecule has 0 spiro atoms. The molecule has 0 radical (unpaired) electrons. The first-order valence-corrected chi connectivity index (χ1v) is 5.80. The molecule has 18 heavy (non-hydrogen) atoms. The van der Waals surface area contributed by atoms with Crippen molar-refractivity contribution >= 4 is 29.9 Å². The van der Waals surface area contributed by atoms with Gasteiger partial charge in [-0.05, 0) is 6.07 Å². The molecule has 1 saturated heterocycles. The molecule has 100 valence electrons. The van der Waals surface area contributed by atoms with Gasteiger partial charge in [0, 0.05) is 39.3 Å². The van der Waals surface area contributed by atoms with Crippen molar-refractivity contribution in [1.29, 1.82) is 0 Å². The lowest BCUT2D eigenvalue weighted by Gasteiger charge is -2.19. The Bertz CT molecular complexity index is 385. The van der Waals surface area contributed by atoms with Crippen LogP contribution >= 0.6 is 24.0 Å². The van der Waals surface area contributed by atoms with Crippen LogP contribution in [0, 0.1) is 0 Å². The number of aromatic nitrogens is 1. The maximum Gasteiger partial charge on any atom is 0.213 e. The Balaban J connectivity index is 0.00000162. The van der Waals surface area contributed by atoms with E-state index in [1.165, 1.54) is 0 Å². The third-order valence-electron chi connectivity index (χ3n) is 2.81. The van der Waals surface area contributed by atoms with Gasteiger partial charge in [0.1, 0.15) is 6.10 Å². The smallest absolute Gasteiger partial charge is 0.213 e. The third-order valence-corrected chi connectivity index (χ3v) is 2.81. The fourth-order valence-electron chi connectivity index (χ4n) is 2.02. The molecule has 0 aliphatic carbocycles. The quantitative estimate of drug-likeness (QED) is 0.490. The van der Waals surface area contributed by atoms with E-state index in [-0.39, 0.29) is 30.1 Å². The monoisotopic (exact) mass is 362 g/mol. The van der Waals surface area contributed by atoms with Gasteiger partial charge in [0.2, 0.25) is 5.88 Å². The summed E-state index contributed by atoms with van der Waals surface area (Å²) < 4.78 is 5.81. The molecule has 2 rings (SSSR count). The number of ether oxygens (including phenoxy) is 1. The summed E-state index contributed by atoms with van der Waals surface area (Å²) in [6.45, 7) is 1.81. The standard InChI is InChI=1S/C12H18N4O.HI/c1-13-12(14-2)16-8-6-10(9-16)17-11-5-3-4-7-15-11;/h3-5,7,10H,6,8-9H2,1-2H3,(H,13,14);1H. The number of likely N-dealkylation sites (tertiary alicyclic amines) is 1. The third kappa shape index (κ3) is 3.72. The number of nitrogens with zero attached hydrogens (tertiary/aromatic N) is 3. The Hall–Kier alpha value is -1.05. The Kier molecular flexibility index (Phi) is 6.17. The van der Waals surface area contributed by atoms with E-state index in [0.29, 0.717) is 5.88 Å². The highest BCUT2D eigenvalue weighted by Crippen LogP contribution is 2.15. The maximum absolute atomic E-state index is 5.81. The molecule has 5 nitrogen and oxygen atoms in total. The highest BCUT2D eigenvalue weighted by Gasteiger charge is 2.25. The van der Waals surface area contributed by atoms with Gasteiger partial charge in [-0.2, -0.15) is 0 Å². The van der Waals surface area contributed by atoms with Gasteiger partial charge in [-0.3, -0.25) is 4.99 Å². The summed E-state index contributed by atoms with van der Waals surface area (Å²) >= 11 is 0. The van der Waals surface area contributed by atoms with E-state index in [1.807, 2.05) is 25.2 Å². The van der Waals surface area contributed by atoms with Gasteiger partial charge in [0.05, 0.1) is 6.54 Å². The molecular weight excluding hydrogens is 343 g/mol. The molecular formula is C12H19IN4O. The van der Waals surface area contributed by atoms with E-state index in [2.05, 4.69) is 20.2 Å². The fraction of sp³-hybridized carbons (Fsp3) is 0.500. The molecule has 1 unspecified atom stereocenters. The van der Waals surface area contributed by atoms with E-state index in [0.717, 1.165) is 25.5 Å². The molecule has 1 N–H and O–H groups in total. The molecule has 0 saturated carbocycles. The lowest BCUT2D eigenvalue weighted by molar-refractivity contribution is 0.205. The van der Waals surface area contributed by atoms with Crippen molar-refractivity contribution in [1.82, 2.24) is 15.2 Å². The van der Waals surface area contributed by atoms with Crippen LogP contribution in [0.2, 0.25) is 0 Å². The zero-order valence-corrected chi connectivity index (χ0v) is 13.0. The number of hydrogen-bond donors (Lipinski definition) is 1. The van der Waals surface area contributed by atoms with Gasteiger partial charge in [-0.25, -0.2) is 4.98 Å². The summed E-state index contributed by atoms with van der Waals surface area (Å²) in [5.41, 5.74) is 0. The van der Waals surface area contributed by atoms with Crippen LogP contribution in [0.4, 0.5) is 0 Å². The zero-order valence-electron chi connectivity index (χ0n) is 10.7. The van der Waals surface area contributed by atoms with Crippen LogP contribution in [-0.4, -0.2) is 49.1 Å². The molecule has 1 aromatic rings.